The number of hydrogen-bond donors (Lipinski definition) is 2. The van der Waals surface area contributed by atoms with E-state index in [4.69, 9.17) is 4.98 Å². The molecular weight excluding hydrogens is 787 g/mol. The van der Waals surface area contributed by atoms with E-state index in [0.29, 0.717) is 54.3 Å². The SMILES string of the molecule is CNC(=O)C(CCC=O)N1Cc2ccc(N3CCC(CN4CCCC(c5ccc(Nc6nc(N7CC8CC(N9CCN(C)C9=O)C7C8)nnc6C=O)cc5)CC4)CC3)cc2C1=O. The highest BCUT2D eigenvalue weighted by molar-refractivity contribution is 6.02. The van der Waals surface area contributed by atoms with Crippen molar-refractivity contribution >= 4 is 53.6 Å². The molecule has 1 saturated carbocycles. The Morgan fingerprint density at radius 2 is 1.69 bits per heavy atom. The van der Waals surface area contributed by atoms with Crippen molar-refractivity contribution in [3.8, 4) is 0 Å². The Hall–Kier alpha value is -5.64. The second-order valence-electron chi connectivity index (χ2n) is 18.2. The highest BCUT2D eigenvalue weighted by Gasteiger charge is 2.51. The van der Waals surface area contributed by atoms with Crippen molar-refractivity contribution in [2.45, 2.75) is 88.4 Å². The number of carbonyl (C=O) groups is 5. The molecule has 5 atom stereocenters. The van der Waals surface area contributed by atoms with Gasteiger partial charge in [0.15, 0.2) is 17.8 Å². The normalized spacial score (nSPS) is 24.7. The van der Waals surface area contributed by atoms with E-state index >= 15 is 0 Å². The number of likely N-dealkylation sites (tertiary alicyclic amines) is 1. The number of carbonyl (C=O) groups excluding carboxylic acids is 5. The smallest absolute Gasteiger partial charge is 0.320 e. The second kappa shape index (κ2) is 18.0. The summed E-state index contributed by atoms with van der Waals surface area (Å²) >= 11 is 0. The molecule has 5 aliphatic heterocycles. The molecule has 2 N–H and O–H groups in total. The maximum Gasteiger partial charge on any atom is 0.320 e. The highest BCUT2D eigenvalue weighted by atomic mass is 16.2. The van der Waals surface area contributed by atoms with E-state index in [1.807, 2.05) is 24.1 Å². The zero-order valence-electron chi connectivity index (χ0n) is 36.0. The lowest BCUT2D eigenvalue weighted by molar-refractivity contribution is -0.125. The molecule has 0 spiro atoms. The maximum atomic E-state index is 13.5. The fourth-order valence-corrected chi connectivity index (χ4v) is 11.1. The van der Waals surface area contributed by atoms with Gasteiger partial charge in [-0.2, -0.15) is 4.98 Å². The van der Waals surface area contributed by atoms with Crippen LogP contribution in [0.15, 0.2) is 42.5 Å². The van der Waals surface area contributed by atoms with Crippen LogP contribution in [0.2, 0.25) is 0 Å². The predicted octanol–water partition coefficient (Wildman–Crippen LogP) is 4.30. The van der Waals surface area contributed by atoms with Gasteiger partial charge in [-0.25, -0.2) is 4.79 Å². The first-order valence-corrected chi connectivity index (χ1v) is 22.6. The first kappa shape index (κ1) is 41.7. The first-order chi connectivity index (χ1) is 30.2. The molecule has 4 saturated heterocycles. The third kappa shape index (κ3) is 8.32. The molecule has 5 fully saturated rings. The van der Waals surface area contributed by atoms with Crippen LogP contribution >= 0.6 is 0 Å². The van der Waals surface area contributed by atoms with Gasteiger partial charge in [-0.3, -0.25) is 14.4 Å². The van der Waals surface area contributed by atoms with Crippen LogP contribution < -0.4 is 20.4 Å². The van der Waals surface area contributed by atoms with Gasteiger partial charge >= 0.3 is 6.03 Å². The van der Waals surface area contributed by atoms with Crippen molar-refractivity contribution in [2.24, 2.45) is 11.8 Å². The van der Waals surface area contributed by atoms with Gasteiger partial charge in [-0.15, -0.1) is 10.2 Å². The molecule has 16 nitrogen and oxygen atoms in total. The number of nitrogens with zero attached hydrogens (tertiary/aromatic N) is 9. The zero-order chi connectivity index (χ0) is 42.9. The number of hydrogen-bond acceptors (Lipinski definition) is 12. The van der Waals surface area contributed by atoms with Gasteiger partial charge in [0.1, 0.15) is 12.3 Å². The molecule has 2 aromatic carbocycles. The van der Waals surface area contributed by atoms with Crippen LogP contribution in [0.3, 0.4) is 0 Å². The van der Waals surface area contributed by atoms with E-state index in [9.17, 15) is 24.0 Å². The number of likely N-dealkylation sites (N-methyl/N-ethyl adjacent to an activating group) is 2. The van der Waals surface area contributed by atoms with Gasteiger partial charge in [-0.05, 0) is 118 Å². The monoisotopic (exact) mass is 845 g/mol. The predicted molar refractivity (Wildman–Crippen MR) is 235 cm³/mol. The third-order valence-corrected chi connectivity index (χ3v) is 14.5. The van der Waals surface area contributed by atoms with Crippen LogP contribution in [0.25, 0.3) is 0 Å². The average molecular weight is 846 g/mol. The van der Waals surface area contributed by atoms with E-state index in [0.717, 1.165) is 121 Å². The van der Waals surface area contributed by atoms with E-state index in [1.54, 1.807) is 16.8 Å². The van der Waals surface area contributed by atoms with Crippen LogP contribution in [0.5, 0.6) is 0 Å². The molecule has 328 valence electrons. The lowest BCUT2D eigenvalue weighted by atomic mass is 9.92. The van der Waals surface area contributed by atoms with Crippen molar-refractivity contribution < 1.29 is 24.0 Å². The standard InChI is InChI=1S/C46H59N11O5/c1-47-43(60)39(6-4-22-58)56-28-34-9-12-36(25-37(34)44(56)61)54-18-13-30(14-19-54)26-53-16-3-5-32(15-17-53)33-7-10-35(11-8-33)48-42-38(29-59)50-51-45(49-42)57-27-31-23-40(41(57)24-31)55-21-20-52(2)46(55)62/h7-12,22,25,29-32,39-41H,3-6,13-21,23-24,26-28H2,1-2H3,(H,47,60)(H,48,49,51). The molecule has 3 aromatic rings. The van der Waals surface area contributed by atoms with E-state index in [2.05, 4.69) is 65.9 Å². The van der Waals surface area contributed by atoms with Crippen LogP contribution in [0.4, 0.5) is 27.9 Å². The Balaban J connectivity index is 0.760. The minimum Gasteiger partial charge on any atom is -0.371 e. The quantitative estimate of drug-likeness (QED) is 0.221. The van der Waals surface area contributed by atoms with Crippen molar-refractivity contribution in [1.82, 2.24) is 40.1 Å². The minimum absolute atomic E-state index is 0.0882. The number of rotatable bonds is 14. The number of amides is 4. The average Bonchev–Trinajstić information content (AvgIpc) is 4.03. The van der Waals surface area contributed by atoms with Crippen LogP contribution in [-0.4, -0.2) is 150 Å². The van der Waals surface area contributed by atoms with Crippen molar-refractivity contribution in [3.05, 3.63) is 64.8 Å². The van der Waals surface area contributed by atoms with Gasteiger partial charge in [0.25, 0.3) is 5.91 Å². The van der Waals surface area contributed by atoms with Gasteiger partial charge in [-0.1, -0.05) is 18.2 Å². The lowest BCUT2D eigenvalue weighted by Crippen LogP contribution is -2.52. The Kier molecular flexibility index (Phi) is 12.1. The molecular formula is C46H59N11O5. The molecule has 6 heterocycles. The Morgan fingerprint density at radius 3 is 2.40 bits per heavy atom. The fourth-order valence-electron chi connectivity index (χ4n) is 11.1. The van der Waals surface area contributed by atoms with Gasteiger partial charge in [0, 0.05) is 83.3 Å². The molecule has 9 rings (SSSR count). The Bertz CT molecular complexity index is 2160. The summed E-state index contributed by atoms with van der Waals surface area (Å²) in [5.41, 5.74) is 4.96. The summed E-state index contributed by atoms with van der Waals surface area (Å²) in [6.07, 6.45) is 9.62. The van der Waals surface area contributed by atoms with Crippen LogP contribution in [-0.2, 0) is 16.1 Å². The molecule has 6 aliphatic rings. The summed E-state index contributed by atoms with van der Waals surface area (Å²) in [6.45, 7) is 7.84. The third-order valence-electron chi connectivity index (χ3n) is 14.5. The summed E-state index contributed by atoms with van der Waals surface area (Å²) < 4.78 is 0. The molecule has 4 amide bonds. The summed E-state index contributed by atoms with van der Waals surface area (Å²) in [7, 11) is 3.41. The van der Waals surface area contributed by atoms with Gasteiger partial charge in [0.05, 0.1) is 12.1 Å². The number of anilines is 4. The largest absolute Gasteiger partial charge is 0.371 e. The first-order valence-electron chi connectivity index (χ1n) is 22.6. The number of nitrogens with one attached hydrogen (secondary N) is 2. The van der Waals surface area contributed by atoms with Gasteiger partial charge < -0.3 is 44.8 Å². The number of benzene rings is 2. The highest BCUT2D eigenvalue weighted by Crippen LogP contribution is 2.43. The van der Waals surface area contributed by atoms with Crippen molar-refractivity contribution in [1.29, 1.82) is 0 Å². The van der Waals surface area contributed by atoms with E-state index in [-0.39, 0.29) is 42.0 Å². The number of urea groups is 1. The zero-order valence-corrected chi connectivity index (χ0v) is 36.0. The Morgan fingerprint density at radius 1 is 0.903 bits per heavy atom. The molecule has 2 bridgehead atoms. The summed E-state index contributed by atoms with van der Waals surface area (Å²) in [6, 6.07) is 14.3. The number of aldehydes is 2. The van der Waals surface area contributed by atoms with Crippen molar-refractivity contribution in [2.75, 3.05) is 81.6 Å². The van der Waals surface area contributed by atoms with E-state index < -0.39 is 6.04 Å². The van der Waals surface area contributed by atoms with Crippen LogP contribution in [0.1, 0.15) is 95.7 Å². The van der Waals surface area contributed by atoms with Gasteiger partial charge in [0.2, 0.25) is 11.9 Å². The molecule has 62 heavy (non-hydrogen) atoms. The number of aromatic nitrogens is 3. The topological polar surface area (TPSA) is 168 Å². The van der Waals surface area contributed by atoms with Crippen molar-refractivity contribution in [3.63, 3.8) is 0 Å². The van der Waals surface area contributed by atoms with Crippen LogP contribution in [0, 0.1) is 11.8 Å². The number of fused-ring (bicyclic) bond motifs is 3. The maximum absolute atomic E-state index is 13.5. The minimum atomic E-state index is -0.660. The molecule has 1 aromatic heterocycles. The summed E-state index contributed by atoms with van der Waals surface area (Å²) in [5.74, 6) is 2.07. The molecule has 5 unspecified atom stereocenters. The molecule has 0 radical (unpaired) electrons. The lowest BCUT2D eigenvalue weighted by Gasteiger charge is -2.37. The summed E-state index contributed by atoms with van der Waals surface area (Å²) in [5, 5.41) is 14.6. The molecule has 1 aliphatic carbocycles. The van der Waals surface area contributed by atoms with E-state index in [1.165, 1.54) is 5.56 Å². The Labute approximate surface area is 363 Å². The number of piperidine rings is 2. The summed E-state index contributed by atoms with van der Waals surface area (Å²) in [4.78, 5) is 79.5. The fraction of sp³-hybridized carbons (Fsp3) is 0.565. The molecule has 16 heteroatoms. The second-order valence-corrected chi connectivity index (χ2v) is 18.2.